The van der Waals surface area contributed by atoms with E-state index in [1.54, 1.807) is 7.11 Å². The van der Waals surface area contributed by atoms with Crippen molar-refractivity contribution in [3.8, 4) is 17.2 Å². The molecule has 5 heterocycles. The highest BCUT2D eigenvalue weighted by molar-refractivity contribution is 6.11. The van der Waals surface area contributed by atoms with Crippen LogP contribution in [0.5, 0.6) is 17.2 Å². The molecule has 9 nitrogen and oxygen atoms in total. The first kappa shape index (κ1) is 24.5. The van der Waals surface area contributed by atoms with Crippen LogP contribution in [0.25, 0.3) is 11.0 Å². The lowest BCUT2D eigenvalue weighted by Gasteiger charge is -2.19. The Bertz CT molecular complexity index is 1970. The fourth-order valence-electron chi connectivity index (χ4n) is 6.62. The lowest BCUT2D eigenvalue weighted by Crippen LogP contribution is -2.37. The summed E-state index contributed by atoms with van der Waals surface area (Å²) in [6.45, 7) is 2.53. The summed E-state index contributed by atoms with van der Waals surface area (Å²) in [5, 5.41) is 10.8. The van der Waals surface area contributed by atoms with Crippen LogP contribution in [0.15, 0.2) is 83.4 Å². The van der Waals surface area contributed by atoms with E-state index in [0.717, 1.165) is 56.2 Å². The van der Waals surface area contributed by atoms with Crippen molar-refractivity contribution in [3.05, 3.63) is 107 Å². The first-order chi connectivity index (χ1) is 20.5. The first-order valence-corrected chi connectivity index (χ1v) is 13.6. The average molecular weight is 560 g/mol. The molecule has 4 aromatic carbocycles. The van der Waals surface area contributed by atoms with Crippen LogP contribution in [0.2, 0.25) is 0 Å². The fraction of sp³-hybridized carbons (Fsp3) is 0.182. The summed E-state index contributed by atoms with van der Waals surface area (Å²) in [6.07, 6.45) is 0. The molecular formula is C33H25N3O6. The number of amides is 2. The topological polar surface area (TPSA) is 112 Å². The molecule has 4 aliphatic heterocycles. The van der Waals surface area contributed by atoms with Gasteiger partial charge < -0.3 is 29.4 Å². The Morgan fingerprint density at radius 2 is 1.33 bits per heavy atom. The highest BCUT2D eigenvalue weighted by atomic mass is 16.5. The second-order valence-electron chi connectivity index (χ2n) is 10.9. The number of para-hydroxylation sites is 2. The highest BCUT2D eigenvalue weighted by Gasteiger charge is 2.55. The minimum absolute atomic E-state index is 0.0254. The maximum Gasteiger partial charge on any atom is 0.243 e. The standard InChI is InChI=1S/C17H12N2O3.C16H13NO3/c1-9-10-6-12-15(7-14(10)22-19-9)21-8-17(12)11-4-2-3-5-13(11)18-16(17)20;1-19-10-6-7-12-14(8-10)20-9-16(12)11-4-2-3-5-13(11)17-15(16)18/h2-7H,8H2,1H3,(H,18,20);2-8H,9H2,1H3,(H,17,18). The fourth-order valence-corrected chi connectivity index (χ4v) is 6.62. The Balaban J connectivity index is 0.000000128. The SMILES string of the molecule is COc1ccc2c(c1)OCC21C(=O)Nc2ccccc21.Cc1noc2cc3c(cc12)C1(CO3)C(=O)Nc2ccccc21. The molecule has 2 spiro atoms. The molecule has 2 amide bonds. The molecule has 0 fully saturated rings. The molecule has 0 aliphatic carbocycles. The molecule has 5 aromatic rings. The lowest BCUT2D eigenvalue weighted by molar-refractivity contribution is -0.120. The van der Waals surface area contributed by atoms with E-state index >= 15 is 0 Å². The molecule has 2 N–H and O–H groups in total. The van der Waals surface area contributed by atoms with Gasteiger partial charge in [-0.3, -0.25) is 9.59 Å². The van der Waals surface area contributed by atoms with Crippen LogP contribution in [0.4, 0.5) is 11.4 Å². The average Bonchev–Trinajstić information content (AvgIpc) is 3.81. The Kier molecular flexibility index (Phi) is 5.01. The zero-order valence-corrected chi connectivity index (χ0v) is 22.8. The molecule has 2 unspecified atom stereocenters. The largest absolute Gasteiger partial charge is 0.497 e. The molecule has 0 saturated carbocycles. The predicted molar refractivity (Wildman–Crippen MR) is 154 cm³/mol. The van der Waals surface area contributed by atoms with Gasteiger partial charge in [0.2, 0.25) is 11.8 Å². The second kappa shape index (κ2) is 8.59. The van der Waals surface area contributed by atoms with Crippen molar-refractivity contribution in [2.24, 2.45) is 0 Å². The molecule has 2 atom stereocenters. The second-order valence-corrected chi connectivity index (χ2v) is 10.9. The number of nitrogens with one attached hydrogen (secondary N) is 2. The van der Waals surface area contributed by atoms with E-state index in [1.165, 1.54) is 0 Å². The van der Waals surface area contributed by atoms with Gasteiger partial charge in [-0.2, -0.15) is 0 Å². The van der Waals surface area contributed by atoms with Crippen molar-refractivity contribution in [2.45, 2.75) is 17.8 Å². The number of rotatable bonds is 1. The smallest absolute Gasteiger partial charge is 0.243 e. The predicted octanol–water partition coefficient (Wildman–Crippen LogP) is 5.09. The molecule has 208 valence electrons. The van der Waals surface area contributed by atoms with Gasteiger partial charge in [0, 0.05) is 40.0 Å². The number of fused-ring (bicyclic) bond motifs is 9. The summed E-state index contributed by atoms with van der Waals surface area (Å²) in [6, 6.07) is 25.0. The zero-order chi connectivity index (χ0) is 28.6. The normalized spacial score (nSPS) is 22.0. The molecule has 42 heavy (non-hydrogen) atoms. The molecule has 0 saturated heterocycles. The highest BCUT2D eigenvalue weighted by Crippen LogP contribution is 2.52. The third-order valence-electron chi connectivity index (χ3n) is 8.79. The number of benzene rings is 4. The van der Waals surface area contributed by atoms with Gasteiger partial charge >= 0.3 is 0 Å². The number of carbonyl (C=O) groups is 2. The summed E-state index contributed by atoms with van der Waals surface area (Å²) in [5.74, 6) is 2.07. The van der Waals surface area contributed by atoms with Crippen LogP contribution in [0, 0.1) is 6.92 Å². The van der Waals surface area contributed by atoms with E-state index in [0.29, 0.717) is 24.5 Å². The van der Waals surface area contributed by atoms with Gasteiger partial charge in [0.25, 0.3) is 0 Å². The number of methoxy groups -OCH3 is 1. The molecule has 4 aliphatic rings. The van der Waals surface area contributed by atoms with Gasteiger partial charge in [-0.05, 0) is 42.3 Å². The van der Waals surface area contributed by atoms with Crippen molar-refractivity contribution < 1.29 is 28.3 Å². The summed E-state index contributed by atoms with van der Waals surface area (Å²) >= 11 is 0. The first-order valence-electron chi connectivity index (χ1n) is 13.6. The van der Waals surface area contributed by atoms with Crippen LogP contribution in [0.1, 0.15) is 27.9 Å². The van der Waals surface area contributed by atoms with Gasteiger partial charge in [0.05, 0.1) is 12.8 Å². The molecular weight excluding hydrogens is 534 g/mol. The zero-order valence-electron chi connectivity index (χ0n) is 22.8. The molecule has 9 rings (SSSR count). The molecule has 0 bridgehead atoms. The van der Waals surface area contributed by atoms with Crippen molar-refractivity contribution in [3.63, 3.8) is 0 Å². The number of carbonyl (C=O) groups excluding carboxylic acids is 2. The van der Waals surface area contributed by atoms with E-state index in [2.05, 4.69) is 15.8 Å². The Hall–Kier alpha value is -5.31. The van der Waals surface area contributed by atoms with Crippen molar-refractivity contribution in [1.82, 2.24) is 5.16 Å². The van der Waals surface area contributed by atoms with Crippen molar-refractivity contribution in [1.29, 1.82) is 0 Å². The van der Waals surface area contributed by atoms with Crippen LogP contribution in [-0.4, -0.2) is 37.3 Å². The van der Waals surface area contributed by atoms with E-state index in [9.17, 15) is 9.59 Å². The third kappa shape index (κ3) is 3.10. The molecule has 1 aromatic heterocycles. The van der Waals surface area contributed by atoms with Crippen molar-refractivity contribution in [2.75, 3.05) is 31.0 Å². The minimum atomic E-state index is -0.774. The van der Waals surface area contributed by atoms with Gasteiger partial charge in [0.15, 0.2) is 5.58 Å². The minimum Gasteiger partial charge on any atom is -0.497 e. The summed E-state index contributed by atoms with van der Waals surface area (Å²) < 4.78 is 22.1. The number of aromatic nitrogens is 1. The Labute approximate surface area is 240 Å². The summed E-state index contributed by atoms with van der Waals surface area (Å²) in [4.78, 5) is 25.3. The molecule has 9 heteroatoms. The van der Waals surface area contributed by atoms with Gasteiger partial charge in [-0.1, -0.05) is 47.6 Å². The monoisotopic (exact) mass is 559 g/mol. The van der Waals surface area contributed by atoms with Gasteiger partial charge in [0.1, 0.15) is 41.3 Å². The van der Waals surface area contributed by atoms with Crippen LogP contribution in [-0.2, 0) is 20.4 Å². The van der Waals surface area contributed by atoms with Gasteiger partial charge in [-0.25, -0.2) is 0 Å². The van der Waals surface area contributed by atoms with Crippen molar-refractivity contribution >= 4 is 34.2 Å². The van der Waals surface area contributed by atoms with Gasteiger partial charge in [-0.15, -0.1) is 0 Å². The quantitative estimate of drug-likeness (QED) is 0.294. The summed E-state index contributed by atoms with van der Waals surface area (Å²) in [7, 11) is 1.62. The number of nitrogens with zero attached hydrogens (tertiary/aromatic N) is 1. The Morgan fingerprint density at radius 3 is 1.98 bits per heavy atom. The third-order valence-corrected chi connectivity index (χ3v) is 8.79. The lowest BCUT2D eigenvalue weighted by atomic mass is 9.77. The van der Waals surface area contributed by atoms with E-state index < -0.39 is 10.8 Å². The number of aryl methyl sites for hydroxylation is 1. The van der Waals surface area contributed by atoms with E-state index in [-0.39, 0.29) is 11.8 Å². The van der Waals surface area contributed by atoms with Crippen LogP contribution < -0.4 is 24.8 Å². The maximum atomic E-state index is 12.7. The number of hydrogen-bond acceptors (Lipinski definition) is 7. The number of hydrogen-bond donors (Lipinski definition) is 2. The number of ether oxygens (including phenoxy) is 3. The van der Waals surface area contributed by atoms with E-state index in [1.807, 2.05) is 85.8 Å². The number of anilines is 2. The maximum absolute atomic E-state index is 12.7. The molecule has 0 radical (unpaired) electrons. The van der Waals surface area contributed by atoms with E-state index in [4.69, 9.17) is 18.7 Å². The van der Waals surface area contributed by atoms with Crippen LogP contribution >= 0.6 is 0 Å². The Morgan fingerprint density at radius 1 is 0.738 bits per heavy atom. The van der Waals surface area contributed by atoms with Crippen LogP contribution in [0.3, 0.4) is 0 Å². The summed E-state index contributed by atoms with van der Waals surface area (Å²) in [5.41, 5.74) is 5.44.